The van der Waals surface area contributed by atoms with E-state index in [-0.39, 0.29) is 5.39 Å². The fraction of sp³-hybridized carbons (Fsp3) is 0.111. The first kappa shape index (κ1) is 9.18. The molecule has 0 radical (unpaired) electrons. The number of hydrogen-bond acceptors (Lipinski definition) is 0. The highest BCUT2D eigenvalue weighted by atomic mass is 19.4. The molecular weight excluding hydrogens is 190 g/mol. The summed E-state index contributed by atoms with van der Waals surface area (Å²) in [7, 11) is 0. The molecule has 0 saturated carbocycles. The predicted octanol–water partition coefficient (Wildman–Crippen LogP) is 2.53. The van der Waals surface area contributed by atoms with Crippen molar-refractivity contribution in [3.05, 3.63) is 30.0 Å². The van der Waals surface area contributed by atoms with Crippen LogP contribution in [-0.4, -0.2) is 12.0 Å². The molecule has 0 bridgehead atoms. The molecule has 2 rings (SSSR count). The second kappa shape index (κ2) is 2.80. The van der Waals surface area contributed by atoms with Gasteiger partial charge in [0.25, 0.3) is 0 Å². The van der Waals surface area contributed by atoms with E-state index >= 15 is 0 Å². The Morgan fingerprint density at radius 3 is 2.50 bits per heavy atom. The molecule has 1 aromatic heterocycles. The van der Waals surface area contributed by atoms with Crippen LogP contribution in [0.1, 0.15) is 5.56 Å². The topological polar surface area (TPSA) is 15.8 Å². The molecule has 5 heteroatoms. The molecule has 1 heterocycles. The van der Waals surface area contributed by atoms with E-state index in [2.05, 4.69) is 4.98 Å². The standard InChI is InChI=1S/C9H8BF3N/c1-6-2-3-8(10(11,12)13)7-4-5-14-9(6)7/h2-5,14H,1H3/q-1. The average molecular weight is 198 g/mol. The van der Waals surface area contributed by atoms with Gasteiger partial charge in [0.15, 0.2) is 0 Å². The average Bonchev–Trinajstić information content (AvgIpc) is 2.50. The molecule has 2 aromatic rings. The molecule has 0 aliphatic heterocycles. The van der Waals surface area contributed by atoms with Crippen molar-refractivity contribution in [3.8, 4) is 0 Å². The number of benzene rings is 1. The van der Waals surface area contributed by atoms with E-state index in [1.807, 2.05) is 0 Å². The Morgan fingerprint density at radius 2 is 1.86 bits per heavy atom. The highest BCUT2D eigenvalue weighted by molar-refractivity contribution is 6.76. The number of H-pyrrole nitrogens is 1. The SMILES string of the molecule is Cc1ccc([B-](F)(F)F)c2cc[nH]c12. The number of hydrogen-bond donors (Lipinski definition) is 1. The lowest BCUT2D eigenvalue weighted by molar-refractivity contribution is 0.502. The number of fused-ring (bicyclic) bond motifs is 1. The van der Waals surface area contributed by atoms with Crippen LogP contribution in [0, 0.1) is 6.92 Å². The zero-order valence-corrected chi connectivity index (χ0v) is 7.52. The van der Waals surface area contributed by atoms with Crippen molar-refractivity contribution in [2.24, 2.45) is 0 Å². The molecule has 0 amide bonds. The van der Waals surface area contributed by atoms with Crippen molar-refractivity contribution >= 4 is 23.3 Å². The Labute approximate surface area is 79.0 Å². The Balaban J connectivity index is 2.80. The Kier molecular flexibility index (Phi) is 1.84. The van der Waals surface area contributed by atoms with Crippen LogP contribution < -0.4 is 5.46 Å². The Hall–Kier alpha value is -1.39. The first-order chi connectivity index (χ1) is 6.50. The third kappa shape index (κ3) is 1.29. The highest BCUT2D eigenvalue weighted by Gasteiger charge is 2.27. The molecule has 0 aliphatic carbocycles. The summed E-state index contributed by atoms with van der Waals surface area (Å²) in [6.45, 7) is -3.14. The van der Waals surface area contributed by atoms with Crippen LogP contribution in [0.5, 0.6) is 0 Å². The fourth-order valence-electron chi connectivity index (χ4n) is 1.61. The van der Waals surface area contributed by atoms with Gasteiger partial charge in [-0.2, -0.15) is 0 Å². The van der Waals surface area contributed by atoms with Gasteiger partial charge >= 0.3 is 6.98 Å². The van der Waals surface area contributed by atoms with Crippen molar-refractivity contribution in [1.29, 1.82) is 0 Å². The van der Waals surface area contributed by atoms with Crippen molar-refractivity contribution < 1.29 is 12.9 Å². The van der Waals surface area contributed by atoms with Gasteiger partial charge in [0.2, 0.25) is 0 Å². The van der Waals surface area contributed by atoms with Crippen LogP contribution >= 0.6 is 0 Å². The number of nitrogens with one attached hydrogen (secondary N) is 1. The molecule has 1 aromatic carbocycles. The highest BCUT2D eigenvalue weighted by Crippen LogP contribution is 2.19. The molecule has 0 fully saturated rings. The van der Waals surface area contributed by atoms with E-state index in [9.17, 15) is 12.9 Å². The smallest absolute Gasteiger partial charge is 0.445 e. The molecule has 0 spiro atoms. The summed E-state index contributed by atoms with van der Waals surface area (Å²) in [5, 5.41) is 0.262. The number of aromatic nitrogens is 1. The van der Waals surface area contributed by atoms with Crippen molar-refractivity contribution in [3.63, 3.8) is 0 Å². The number of aryl methyl sites for hydroxylation is 1. The lowest BCUT2D eigenvalue weighted by Gasteiger charge is -2.16. The molecule has 1 N–H and O–H groups in total. The maximum Gasteiger partial charge on any atom is 0.510 e. The van der Waals surface area contributed by atoms with Gasteiger partial charge in [-0.05, 0) is 23.9 Å². The van der Waals surface area contributed by atoms with Crippen molar-refractivity contribution in [2.45, 2.75) is 6.92 Å². The van der Waals surface area contributed by atoms with E-state index in [0.717, 1.165) is 11.6 Å². The van der Waals surface area contributed by atoms with Crippen LogP contribution in [0.4, 0.5) is 12.9 Å². The third-order valence-corrected chi connectivity index (χ3v) is 2.32. The normalized spacial score (nSPS) is 12.3. The molecule has 0 unspecified atom stereocenters. The second-order valence-corrected chi connectivity index (χ2v) is 3.31. The minimum Gasteiger partial charge on any atom is -0.445 e. The molecule has 14 heavy (non-hydrogen) atoms. The lowest BCUT2D eigenvalue weighted by atomic mass is 9.77. The van der Waals surface area contributed by atoms with Crippen molar-refractivity contribution in [2.75, 3.05) is 0 Å². The molecule has 0 saturated heterocycles. The molecular formula is C9H8BF3N-. The van der Waals surface area contributed by atoms with E-state index in [1.165, 1.54) is 18.3 Å². The van der Waals surface area contributed by atoms with Crippen LogP contribution in [-0.2, 0) is 0 Å². The van der Waals surface area contributed by atoms with Gasteiger partial charge in [0.05, 0.1) is 0 Å². The zero-order chi connectivity index (χ0) is 10.3. The quantitative estimate of drug-likeness (QED) is 0.677. The van der Waals surface area contributed by atoms with Gasteiger partial charge in [-0.3, -0.25) is 0 Å². The maximum atomic E-state index is 12.6. The fourth-order valence-corrected chi connectivity index (χ4v) is 1.61. The minimum absolute atomic E-state index is 0.262. The number of aromatic amines is 1. The lowest BCUT2D eigenvalue weighted by Crippen LogP contribution is -2.34. The third-order valence-electron chi connectivity index (χ3n) is 2.32. The summed E-state index contributed by atoms with van der Waals surface area (Å²) in [5.74, 6) is 0. The summed E-state index contributed by atoms with van der Waals surface area (Å²) in [4.78, 5) is 2.81. The summed E-state index contributed by atoms with van der Waals surface area (Å²) >= 11 is 0. The van der Waals surface area contributed by atoms with Gasteiger partial charge < -0.3 is 17.9 Å². The van der Waals surface area contributed by atoms with Crippen LogP contribution in [0.15, 0.2) is 24.4 Å². The first-order valence-electron chi connectivity index (χ1n) is 4.26. The summed E-state index contributed by atoms with van der Waals surface area (Å²) in [6.07, 6.45) is 1.53. The van der Waals surface area contributed by atoms with E-state index < -0.39 is 12.4 Å². The second-order valence-electron chi connectivity index (χ2n) is 3.31. The van der Waals surface area contributed by atoms with Crippen LogP contribution in [0.2, 0.25) is 0 Å². The van der Waals surface area contributed by atoms with Gasteiger partial charge in [-0.25, -0.2) is 0 Å². The predicted molar refractivity (Wildman–Crippen MR) is 51.7 cm³/mol. The number of rotatable bonds is 1. The summed E-state index contributed by atoms with van der Waals surface area (Å²) in [5.41, 5.74) is 0.877. The van der Waals surface area contributed by atoms with Gasteiger partial charge in [-0.15, -0.1) is 0 Å². The largest absolute Gasteiger partial charge is 0.510 e. The van der Waals surface area contributed by atoms with E-state index in [0.29, 0.717) is 5.52 Å². The van der Waals surface area contributed by atoms with Gasteiger partial charge in [0.1, 0.15) is 0 Å². The molecule has 74 valence electrons. The Morgan fingerprint density at radius 1 is 1.14 bits per heavy atom. The Bertz CT molecular complexity index is 472. The molecule has 0 atom stereocenters. The zero-order valence-electron chi connectivity index (χ0n) is 7.52. The van der Waals surface area contributed by atoms with Crippen LogP contribution in [0.25, 0.3) is 10.9 Å². The van der Waals surface area contributed by atoms with Gasteiger partial charge in [-0.1, -0.05) is 17.6 Å². The summed E-state index contributed by atoms with van der Waals surface area (Å²) < 4.78 is 37.7. The van der Waals surface area contributed by atoms with E-state index in [4.69, 9.17) is 0 Å². The van der Waals surface area contributed by atoms with E-state index in [1.54, 1.807) is 6.92 Å². The van der Waals surface area contributed by atoms with Gasteiger partial charge in [0, 0.05) is 11.7 Å². The number of halogens is 3. The molecule has 1 nitrogen and oxygen atoms in total. The molecule has 0 aliphatic rings. The summed E-state index contributed by atoms with van der Waals surface area (Å²) in [6, 6.07) is 4.10. The monoisotopic (exact) mass is 198 g/mol. The first-order valence-corrected chi connectivity index (χ1v) is 4.26. The minimum atomic E-state index is -4.92. The van der Waals surface area contributed by atoms with Crippen molar-refractivity contribution in [1.82, 2.24) is 4.98 Å². The maximum absolute atomic E-state index is 12.6. The van der Waals surface area contributed by atoms with Crippen LogP contribution in [0.3, 0.4) is 0 Å².